The molecule has 38 heavy (non-hydrogen) atoms. The average Bonchev–Trinajstić information content (AvgIpc) is 3.26. The van der Waals surface area contributed by atoms with E-state index in [4.69, 9.17) is 0 Å². The van der Waals surface area contributed by atoms with Gasteiger partial charge in [-0.25, -0.2) is 26.9 Å². The number of carbonyl (C=O) groups excluding carboxylic acids is 1. The first-order chi connectivity index (χ1) is 17.9. The van der Waals surface area contributed by atoms with Crippen LogP contribution in [0.1, 0.15) is 50.7 Å². The molecule has 1 saturated carbocycles. The number of piperazine rings is 1. The van der Waals surface area contributed by atoms with Gasteiger partial charge in [0, 0.05) is 43.8 Å². The zero-order valence-corrected chi connectivity index (χ0v) is 22.6. The first-order valence-corrected chi connectivity index (χ1v) is 14.4. The van der Waals surface area contributed by atoms with E-state index in [-0.39, 0.29) is 33.2 Å². The van der Waals surface area contributed by atoms with Crippen LogP contribution in [0, 0.1) is 17.2 Å². The quantitative estimate of drug-likeness (QED) is 0.463. The molecule has 0 spiro atoms. The van der Waals surface area contributed by atoms with Gasteiger partial charge in [-0.3, -0.25) is 9.20 Å². The first-order valence-electron chi connectivity index (χ1n) is 12.1. The number of nitrogens with zero attached hydrogens (tertiary/aromatic N) is 7. The maximum atomic E-state index is 13.4. The van der Waals surface area contributed by atoms with E-state index < -0.39 is 27.0 Å². The Kier molecular flexibility index (Phi) is 6.60. The van der Waals surface area contributed by atoms with Crippen LogP contribution in [0.25, 0.3) is 16.3 Å². The Morgan fingerprint density at radius 2 is 1.89 bits per heavy atom. The fourth-order valence-electron chi connectivity index (χ4n) is 4.41. The second-order valence-corrected chi connectivity index (χ2v) is 12.7. The van der Waals surface area contributed by atoms with Crippen molar-refractivity contribution in [2.24, 2.45) is 5.92 Å². The monoisotopic (exact) mass is 564 g/mol. The summed E-state index contributed by atoms with van der Waals surface area (Å²) in [6.07, 6.45) is -0.0762. The Labute approximate surface area is 222 Å². The number of aromatic nitrogens is 4. The highest BCUT2D eigenvalue weighted by Crippen LogP contribution is 2.38. The number of anilines is 1. The smallest absolute Gasteiger partial charge is 0.291 e. The molecular weight excluding hydrogens is 538 g/mol. The lowest BCUT2D eigenvalue weighted by Gasteiger charge is -2.37. The van der Waals surface area contributed by atoms with Crippen LogP contribution >= 0.6 is 11.3 Å². The van der Waals surface area contributed by atoms with E-state index in [0.29, 0.717) is 61.6 Å². The summed E-state index contributed by atoms with van der Waals surface area (Å²) in [5.74, 6) is -0.0711. The highest BCUT2D eigenvalue weighted by molar-refractivity contribution is 7.89. The van der Waals surface area contributed by atoms with Gasteiger partial charge in [0.25, 0.3) is 6.43 Å². The number of nitriles is 1. The van der Waals surface area contributed by atoms with E-state index in [9.17, 15) is 27.3 Å². The normalized spacial score (nSPS) is 17.4. The van der Waals surface area contributed by atoms with Crippen LogP contribution in [-0.4, -0.2) is 70.5 Å². The molecule has 1 amide bonds. The van der Waals surface area contributed by atoms with Gasteiger partial charge in [0.05, 0.1) is 5.69 Å². The minimum absolute atomic E-state index is 0.00412. The van der Waals surface area contributed by atoms with Crippen LogP contribution < -0.4 is 9.62 Å². The molecule has 3 aromatic rings. The molecule has 0 bridgehead atoms. The van der Waals surface area contributed by atoms with Gasteiger partial charge in [0.1, 0.15) is 16.5 Å². The molecule has 2 fully saturated rings. The number of alkyl halides is 2. The maximum absolute atomic E-state index is 13.4. The van der Waals surface area contributed by atoms with Crippen molar-refractivity contribution < 1.29 is 22.0 Å². The van der Waals surface area contributed by atoms with Crippen molar-refractivity contribution in [2.75, 3.05) is 31.1 Å². The second-order valence-electron chi connectivity index (χ2n) is 10.1. The van der Waals surface area contributed by atoms with Gasteiger partial charge in [-0.1, -0.05) is 25.2 Å². The Balaban J connectivity index is 1.65. The summed E-state index contributed by atoms with van der Waals surface area (Å²) in [5.41, 5.74) is 0.240. The van der Waals surface area contributed by atoms with E-state index in [2.05, 4.69) is 19.9 Å². The number of halogens is 2. The van der Waals surface area contributed by atoms with Crippen LogP contribution in [0.2, 0.25) is 0 Å². The lowest BCUT2D eigenvalue weighted by molar-refractivity contribution is -0.134. The summed E-state index contributed by atoms with van der Waals surface area (Å²) in [6, 6.07) is 3.54. The first kappa shape index (κ1) is 26.4. The molecule has 0 radical (unpaired) electrons. The fourth-order valence-corrected chi connectivity index (χ4v) is 6.57. The zero-order valence-electron chi connectivity index (χ0n) is 21.0. The summed E-state index contributed by atoms with van der Waals surface area (Å²) >= 11 is 0.626. The molecule has 0 unspecified atom stereocenters. The molecular formula is C23H26F2N8O3S2. The molecule has 5 rings (SSSR count). The lowest BCUT2D eigenvalue weighted by Crippen LogP contribution is -2.50. The van der Waals surface area contributed by atoms with E-state index in [1.165, 1.54) is 16.7 Å². The molecule has 15 heteroatoms. The van der Waals surface area contributed by atoms with Crippen molar-refractivity contribution >= 4 is 38.5 Å². The molecule has 1 aliphatic carbocycles. The van der Waals surface area contributed by atoms with Gasteiger partial charge in [-0.2, -0.15) is 5.26 Å². The summed E-state index contributed by atoms with van der Waals surface area (Å²) in [6.45, 7) is 7.14. The number of sulfonamides is 1. The number of carbonyl (C=O) groups is 1. The van der Waals surface area contributed by atoms with Crippen LogP contribution in [0.5, 0.6) is 0 Å². The number of hydrogen-bond acceptors (Lipinski definition) is 9. The Morgan fingerprint density at radius 1 is 1.21 bits per heavy atom. The van der Waals surface area contributed by atoms with E-state index in [1.54, 1.807) is 4.90 Å². The van der Waals surface area contributed by atoms with Crippen molar-refractivity contribution in [1.29, 1.82) is 5.26 Å². The van der Waals surface area contributed by atoms with Crippen molar-refractivity contribution in [1.82, 2.24) is 29.2 Å². The number of pyridine rings is 1. The summed E-state index contributed by atoms with van der Waals surface area (Å²) < 4.78 is 57.4. The van der Waals surface area contributed by atoms with Crippen LogP contribution in [0.3, 0.4) is 0 Å². The van der Waals surface area contributed by atoms with E-state index in [0.717, 1.165) is 0 Å². The molecule has 11 nitrogen and oxygen atoms in total. The predicted molar refractivity (Wildman–Crippen MR) is 135 cm³/mol. The molecule has 1 saturated heterocycles. The Hall–Kier alpha value is -3.22. The van der Waals surface area contributed by atoms with E-state index in [1.807, 2.05) is 31.7 Å². The van der Waals surface area contributed by atoms with Gasteiger partial charge in [-0.05, 0) is 25.8 Å². The van der Waals surface area contributed by atoms with Gasteiger partial charge in [0.2, 0.25) is 15.9 Å². The summed E-state index contributed by atoms with van der Waals surface area (Å²) in [4.78, 5) is 20.4. The lowest BCUT2D eigenvalue weighted by atomic mass is 10.1. The van der Waals surface area contributed by atoms with Crippen LogP contribution in [0.15, 0.2) is 17.2 Å². The van der Waals surface area contributed by atoms with Gasteiger partial charge in [-0.15, -0.1) is 10.2 Å². The molecule has 0 aromatic carbocycles. The highest BCUT2D eigenvalue weighted by atomic mass is 32.2. The topological polar surface area (TPSA) is 137 Å². The maximum Gasteiger partial charge on any atom is 0.291 e. The standard InChI is InChI=1S/C23H26F2N8O3S2/c1-13(2)22(34)32-8-6-31(7-9-32)16-10-14(38(35,36)30-23(3)4-5-23)12-33-17(16)15(11-26)27-19(33)21-29-28-20(37-21)18(24)25/h10,12-13,18,30H,4-9H2,1-3H3. The minimum atomic E-state index is -3.97. The van der Waals surface area contributed by atoms with E-state index >= 15 is 0 Å². The van der Waals surface area contributed by atoms with Crippen molar-refractivity contribution in [3.05, 3.63) is 23.0 Å². The largest absolute Gasteiger partial charge is 0.366 e. The second kappa shape index (κ2) is 9.51. The molecule has 1 aliphatic heterocycles. The van der Waals surface area contributed by atoms with Crippen molar-refractivity contribution in [3.63, 3.8) is 0 Å². The molecule has 1 N–H and O–H groups in total. The summed E-state index contributed by atoms with van der Waals surface area (Å²) in [7, 11) is -3.97. The molecule has 3 aromatic heterocycles. The van der Waals surface area contributed by atoms with Gasteiger partial charge < -0.3 is 9.80 Å². The molecule has 0 atom stereocenters. The number of nitrogens with one attached hydrogen (secondary N) is 1. The number of amides is 1. The number of imidazole rings is 1. The molecule has 2 aliphatic rings. The highest BCUT2D eigenvalue weighted by Gasteiger charge is 2.42. The molecule has 4 heterocycles. The number of hydrogen-bond donors (Lipinski definition) is 1. The predicted octanol–water partition coefficient (Wildman–Crippen LogP) is 2.80. The number of fused-ring (bicyclic) bond motifs is 1. The third-order valence-corrected chi connectivity index (χ3v) is 9.26. The summed E-state index contributed by atoms with van der Waals surface area (Å²) in [5, 5.41) is 16.8. The van der Waals surface area contributed by atoms with Gasteiger partial charge >= 0.3 is 0 Å². The van der Waals surface area contributed by atoms with Gasteiger partial charge in [0.15, 0.2) is 21.5 Å². The van der Waals surface area contributed by atoms with Crippen LogP contribution in [-0.2, 0) is 14.8 Å². The Bertz CT molecular complexity index is 1550. The molecule has 202 valence electrons. The third-order valence-electron chi connectivity index (χ3n) is 6.73. The van der Waals surface area contributed by atoms with Crippen LogP contribution in [0.4, 0.5) is 14.5 Å². The average molecular weight is 565 g/mol. The SMILES string of the molecule is CC(C)C(=O)N1CCN(c2cc(S(=O)(=O)NC3(C)CC3)cn3c(-c4nnc(C(F)F)s4)nc(C#N)c23)CC1. The fraction of sp³-hybridized carbons (Fsp3) is 0.522. The van der Waals surface area contributed by atoms with Crippen molar-refractivity contribution in [2.45, 2.75) is 50.5 Å². The third kappa shape index (κ3) is 4.83. The van der Waals surface area contributed by atoms with Crippen molar-refractivity contribution in [3.8, 4) is 16.9 Å². The number of rotatable bonds is 7. The minimum Gasteiger partial charge on any atom is -0.366 e. The zero-order chi connectivity index (χ0) is 27.4. The Morgan fingerprint density at radius 3 is 2.45 bits per heavy atom.